The van der Waals surface area contributed by atoms with Crippen molar-refractivity contribution in [1.29, 1.82) is 0 Å². The first-order valence-electron chi connectivity index (χ1n) is 11.3. The Kier molecular flexibility index (Phi) is 7.04. The lowest BCUT2D eigenvalue weighted by molar-refractivity contribution is -0.129. The summed E-state index contributed by atoms with van der Waals surface area (Å²) in [6.07, 6.45) is 0.515. The van der Waals surface area contributed by atoms with Gasteiger partial charge in [-0.15, -0.1) is 0 Å². The van der Waals surface area contributed by atoms with Crippen LogP contribution >= 0.6 is 0 Å². The lowest BCUT2D eigenvalue weighted by atomic mass is 9.99. The van der Waals surface area contributed by atoms with Crippen molar-refractivity contribution in [2.75, 3.05) is 6.54 Å². The number of nitrogens with one attached hydrogen (secondary N) is 1. The predicted octanol–water partition coefficient (Wildman–Crippen LogP) is 3.97. The monoisotopic (exact) mass is 537 g/mol. The molecule has 2 aliphatic rings. The van der Waals surface area contributed by atoms with Gasteiger partial charge >= 0.3 is 6.18 Å². The maximum Gasteiger partial charge on any atom is 0.416 e. The van der Waals surface area contributed by atoms with Crippen LogP contribution in [-0.4, -0.2) is 52.6 Å². The van der Waals surface area contributed by atoms with Crippen LogP contribution in [0.4, 0.5) is 23.2 Å². The zero-order valence-electron chi connectivity index (χ0n) is 19.9. The van der Waals surface area contributed by atoms with Crippen molar-refractivity contribution >= 4 is 27.3 Å². The number of sulfonamides is 1. The van der Waals surface area contributed by atoms with Gasteiger partial charge in [-0.25, -0.2) is 27.8 Å². The van der Waals surface area contributed by atoms with Gasteiger partial charge in [-0.2, -0.15) is 17.5 Å². The van der Waals surface area contributed by atoms with Gasteiger partial charge in [-0.3, -0.25) is 4.79 Å². The molecule has 4 rings (SSSR count). The largest absolute Gasteiger partial charge is 0.416 e. The van der Waals surface area contributed by atoms with Crippen molar-refractivity contribution in [3.63, 3.8) is 0 Å². The van der Waals surface area contributed by atoms with Crippen molar-refractivity contribution in [2.45, 2.75) is 49.8 Å². The van der Waals surface area contributed by atoms with Crippen LogP contribution in [0.15, 0.2) is 64.3 Å². The fourth-order valence-electron chi connectivity index (χ4n) is 4.25. The summed E-state index contributed by atoms with van der Waals surface area (Å²) < 4.78 is 79.5. The quantitative estimate of drug-likeness (QED) is 0.425. The minimum absolute atomic E-state index is 0.0904. The van der Waals surface area contributed by atoms with Crippen LogP contribution in [0.25, 0.3) is 0 Å². The number of hydrogen-bond donors (Lipinski definition) is 1. The number of benzene rings is 1. The highest BCUT2D eigenvalue weighted by molar-refractivity contribution is 7.89. The van der Waals surface area contributed by atoms with E-state index >= 15 is 0 Å². The summed E-state index contributed by atoms with van der Waals surface area (Å²) >= 11 is 0. The molecule has 0 bridgehead atoms. The van der Waals surface area contributed by atoms with Gasteiger partial charge in [0.1, 0.15) is 29.1 Å². The molecule has 0 spiro atoms. The molecule has 0 saturated carbocycles. The number of carbonyl (C=O) groups excluding carboxylic acids is 1. The molecule has 1 atom stereocenters. The summed E-state index contributed by atoms with van der Waals surface area (Å²) in [4.78, 5) is 25.4. The van der Waals surface area contributed by atoms with Gasteiger partial charge in [0.15, 0.2) is 0 Å². The zero-order valence-corrected chi connectivity index (χ0v) is 20.7. The summed E-state index contributed by atoms with van der Waals surface area (Å²) in [5.41, 5.74) is -0.940. The number of aliphatic imine (C=N–C) groups is 1. The standard InChI is InChI=1S/C24H23F4N5O3S/c1-3-15(24(26,27)28)5-10-18-20-21(32-18)19(30-14-31-20)13-29-22(34)23(2)11-4-12-33(23)37(35,36)17-8-6-16(25)7-9-17/h3,5-10,14H,4,11-13H2,1-2H3,(H,29,34)/b10-5-,15-3+/t23-/m0/s1. The number of nitrogens with zero attached hydrogens (tertiary/aromatic N) is 4. The number of halogens is 4. The molecule has 0 aliphatic carbocycles. The average Bonchev–Trinajstić information content (AvgIpc) is 3.24. The van der Waals surface area contributed by atoms with E-state index in [1.165, 1.54) is 26.3 Å². The van der Waals surface area contributed by atoms with Gasteiger partial charge in [-0.05, 0) is 63.1 Å². The van der Waals surface area contributed by atoms with Crippen LogP contribution in [-0.2, 0) is 21.4 Å². The molecule has 0 radical (unpaired) electrons. The Morgan fingerprint density at radius 3 is 2.57 bits per heavy atom. The fraction of sp³-hybridized carbons (Fsp3) is 0.333. The van der Waals surface area contributed by atoms with Gasteiger partial charge in [-0.1, -0.05) is 6.08 Å². The Morgan fingerprint density at radius 1 is 1.22 bits per heavy atom. The van der Waals surface area contributed by atoms with Crippen LogP contribution in [0.5, 0.6) is 0 Å². The molecule has 3 heterocycles. The highest BCUT2D eigenvalue weighted by Gasteiger charge is 2.49. The zero-order chi connectivity index (χ0) is 27.0. The lowest BCUT2D eigenvalue weighted by Gasteiger charge is -2.33. The minimum atomic E-state index is -4.49. The number of fused-ring (bicyclic) bond motifs is 1. The number of carbonyl (C=O) groups is 1. The molecule has 8 nitrogen and oxygen atoms in total. The van der Waals surface area contributed by atoms with Crippen LogP contribution in [0, 0.1) is 5.82 Å². The van der Waals surface area contributed by atoms with E-state index in [4.69, 9.17) is 0 Å². The molecule has 2 aliphatic heterocycles. The average molecular weight is 538 g/mol. The molecule has 1 aromatic carbocycles. The summed E-state index contributed by atoms with van der Waals surface area (Å²) in [5.74, 6) is -1.12. The van der Waals surface area contributed by atoms with Gasteiger partial charge in [0, 0.05) is 6.54 Å². The first kappa shape index (κ1) is 26.6. The third kappa shape index (κ3) is 5.05. The van der Waals surface area contributed by atoms with Gasteiger partial charge in [0.2, 0.25) is 15.9 Å². The van der Waals surface area contributed by atoms with Crippen LogP contribution in [0.2, 0.25) is 0 Å². The highest BCUT2D eigenvalue weighted by Crippen LogP contribution is 2.36. The summed E-state index contributed by atoms with van der Waals surface area (Å²) in [7, 11) is -4.06. The molecule has 0 unspecified atom stereocenters. The molecular weight excluding hydrogens is 514 g/mol. The Bertz CT molecular complexity index is 1420. The maximum atomic E-state index is 13.3. The summed E-state index contributed by atoms with van der Waals surface area (Å²) in [6.45, 7) is 2.84. The molecule has 13 heteroatoms. The number of rotatable bonds is 7. The number of amides is 1. The number of aromatic nitrogens is 2. The fourth-order valence-corrected chi connectivity index (χ4v) is 6.06. The molecule has 1 fully saturated rings. The van der Waals surface area contributed by atoms with Crippen molar-refractivity contribution in [1.82, 2.24) is 19.6 Å². The van der Waals surface area contributed by atoms with E-state index < -0.39 is 39.0 Å². The number of hydrogen-bond acceptors (Lipinski definition) is 6. The van der Waals surface area contributed by atoms with E-state index in [1.807, 2.05) is 0 Å². The molecule has 37 heavy (non-hydrogen) atoms. The number of allylic oxidation sites excluding steroid dienone is 4. The van der Waals surface area contributed by atoms with Crippen LogP contribution in [0.1, 0.15) is 38.1 Å². The Morgan fingerprint density at radius 2 is 1.92 bits per heavy atom. The highest BCUT2D eigenvalue weighted by atomic mass is 32.2. The molecular formula is C24H23F4N5O3S. The topological polar surface area (TPSA) is 105 Å². The van der Waals surface area contributed by atoms with Crippen molar-refractivity contribution in [2.24, 2.45) is 4.99 Å². The molecule has 2 aromatic rings. The molecule has 1 N–H and O–H groups in total. The summed E-state index contributed by atoms with van der Waals surface area (Å²) in [5, 5.41) is 2.70. The van der Waals surface area contributed by atoms with Crippen molar-refractivity contribution < 1.29 is 30.8 Å². The molecule has 1 amide bonds. The van der Waals surface area contributed by atoms with Crippen LogP contribution < -0.4 is 5.32 Å². The van der Waals surface area contributed by atoms with Crippen molar-refractivity contribution in [3.8, 4) is 0 Å². The van der Waals surface area contributed by atoms with E-state index in [0.717, 1.165) is 40.7 Å². The first-order valence-corrected chi connectivity index (χ1v) is 12.7. The van der Waals surface area contributed by atoms with E-state index in [0.29, 0.717) is 23.5 Å². The molecule has 1 aromatic heterocycles. The normalized spacial score (nSPS) is 20.5. The second kappa shape index (κ2) is 9.78. The lowest BCUT2D eigenvalue weighted by Crippen LogP contribution is -2.55. The minimum Gasteiger partial charge on any atom is -0.349 e. The maximum absolute atomic E-state index is 13.3. The second-order valence-corrected chi connectivity index (χ2v) is 10.5. The van der Waals surface area contributed by atoms with Gasteiger partial charge < -0.3 is 5.32 Å². The Balaban J connectivity index is 1.48. The third-order valence-electron chi connectivity index (χ3n) is 6.31. The SMILES string of the molecule is C/C=C(\C=C/C1=Nc2c(CNC(=O)[C@]3(C)CCCN3S(=O)(=O)c3ccc(F)cc3)ncnc21)C(F)(F)F. The second-order valence-electron chi connectivity index (χ2n) is 8.68. The Hall–Kier alpha value is -3.45. The van der Waals surface area contributed by atoms with E-state index in [9.17, 15) is 30.8 Å². The summed E-state index contributed by atoms with van der Waals surface area (Å²) in [6, 6.07) is 4.39. The molecule has 196 valence electrons. The third-order valence-corrected chi connectivity index (χ3v) is 8.35. The van der Waals surface area contributed by atoms with Crippen molar-refractivity contribution in [3.05, 3.63) is 71.6 Å². The van der Waals surface area contributed by atoms with E-state index in [1.54, 1.807) is 0 Å². The Labute approximate surface area is 210 Å². The van der Waals surface area contributed by atoms with E-state index in [-0.39, 0.29) is 30.1 Å². The van der Waals surface area contributed by atoms with Gasteiger partial charge in [0.05, 0.1) is 28.4 Å². The van der Waals surface area contributed by atoms with Gasteiger partial charge in [0.25, 0.3) is 0 Å². The molecule has 1 saturated heterocycles. The smallest absolute Gasteiger partial charge is 0.349 e. The van der Waals surface area contributed by atoms with Crippen LogP contribution in [0.3, 0.4) is 0 Å². The van der Waals surface area contributed by atoms with E-state index in [2.05, 4.69) is 20.3 Å². The number of alkyl halides is 3. The predicted molar refractivity (Wildman–Crippen MR) is 127 cm³/mol. The first-order chi connectivity index (χ1) is 17.4.